The molecule has 46 heavy (non-hydrogen) atoms. The molecule has 0 aliphatic heterocycles. The second kappa shape index (κ2) is 9.12. The Morgan fingerprint density at radius 2 is 1.26 bits per heavy atom. The smallest absolute Gasteiger partial charge is 0.165 e. The third kappa shape index (κ3) is 3.37. The summed E-state index contributed by atoms with van der Waals surface area (Å²) in [7, 11) is 0. The summed E-state index contributed by atoms with van der Waals surface area (Å²) in [6, 6.07) is 50.2. The quantitative estimate of drug-likeness (QED) is 0.188. The Kier molecular flexibility index (Phi) is 5.06. The third-order valence-corrected chi connectivity index (χ3v) is 10.1. The van der Waals surface area contributed by atoms with Crippen LogP contribution < -0.4 is 0 Å². The Labute approximate surface area is 266 Å². The SMILES string of the molecule is CC1(C)c2ccccc2-c2ccc3c4cc5ccccc5cc4n(-c4nc5ccc6ccccc6c5nc4-c4ccccc4)c3c21. The summed E-state index contributed by atoms with van der Waals surface area (Å²) >= 11 is 0. The van der Waals surface area contributed by atoms with E-state index in [1.165, 1.54) is 49.3 Å². The first-order valence-corrected chi connectivity index (χ1v) is 15.9. The molecule has 0 unspecified atom stereocenters. The van der Waals surface area contributed by atoms with E-state index >= 15 is 0 Å². The van der Waals surface area contributed by atoms with Gasteiger partial charge in [-0.3, -0.25) is 4.57 Å². The minimum Gasteiger partial charge on any atom is -0.292 e. The fourth-order valence-electron chi connectivity index (χ4n) is 7.99. The predicted octanol–water partition coefficient (Wildman–Crippen LogP) is 11.0. The van der Waals surface area contributed by atoms with Crippen molar-refractivity contribution in [1.82, 2.24) is 14.5 Å². The van der Waals surface area contributed by atoms with Crippen LogP contribution in [0.15, 0.2) is 140 Å². The number of rotatable bonds is 2. The maximum Gasteiger partial charge on any atom is 0.165 e. The highest BCUT2D eigenvalue weighted by atomic mass is 15.1. The van der Waals surface area contributed by atoms with Crippen LogP contribution in [0.25, 0.3) is 82.6 Å². The molecule has 0 fully saturated rings. The van der Waals surface area contributed by atoms with Gasteiger partial charge in [-0.15, -0.1) is 0 Å². The molecule has 0 atom stereocenters. The standard InChI is InChI=1S/C43H29N3/c1-43(2)35-19-11-10-18-31(35)32-21-22-33-34-24-28-15-6-7-16-29(28)25-37(34)46(41(33)38(32)43)42-39(27-13-4-3-5-14-27)45-40-30-17-9-8-12-26(30)20-23-36(40)44-42/h3-25H,1-2H3. The molecule has 7 aromatic carbocycles. The van der Waals surface area contributed by atoms with Crippen LogP contribution in [0.5, 0.6) is 0 Å². The molecule has 0 spiro atoms. The summed E-state index contributed by atoms with van der Waals surface area (Å²) in [4.78, 5) is 11.0. The van der Waals surface area contributed by atoms with Crippen molar-refractivity contribution in [1.29, 1.82) is 0 Å². The molecule has 0 radical (unpaired) electrons. The van der Waals surface area contributed by atoms with Gasteiger partial charge in [0.25, 0.3) is 0 Å². The number of benzene rings is 7. The molecule has 0 N–H and O–H groups in total. The van der Waals surface area contributed by atoms with Crippen LogP contribution in [0.1, 0.15) is 25.0 Å². The summed E-state index contributed by atoms with van der Waals surface area (Å²) in [5.41, 5.74) is 11.2. The third-order valence-electron chi connectivity index (χ3n) is 10.1. The Balaban J connectivity index is 1.43. The van der Waals surface area contributed by atoms with Crippen LogP contribution in [-0.4, -0.2) is 14.5 Å². The van der Waals surface area contributed by atoms with E-state index in [-0.39, 0.29) is 5.41 Å². The van der Waals surface area contributed by atoms with Crippen molar-refractivity contribution < 1.29 is 0 Å². The van der Waals surface area contributed by atoms with Gasteiger partial charge in [0, 0.05) is 27.1 Å². The average molecular weight is 588 g/mol. The van der Waals surface area contributed by atoms with Crippen molar-refractivity contribution >= 4 is 54.4 Å². The number of aromatic nitrogens is 3. The van der Waals surface area contributed by atoms with Crippen LogP contribution in [0.2, 0.25) is 0 Å². The molecule has 0 amide bonds. The zero-order valence-electron chi connectivity index (χ0n) is 25.6. The second-order valence-electron chi connectivity index (χ2n) is 13.0. The number of nitrogens with zero attached hydrogens (tertiary/aromatic N) is 3. The van der Waals surface area contributed by atoms with E-state index < -0.39 is 0 Å². The molecule has 2 heterocycles. The summed E-state index contributed by atoms with van der Waals surface area (Å²) in [6.45, 7) is 4.73. The molecular weight excluding hydrogens is 558 g/mol. The largest absolute Gasteiger partial charge is 0.292 e. The van der Waals surface area contributed by atoms with Crippen LogP contribution in [0.4, 0.5) is 0 Å². The van der Waals surface area contributed by atoms with Gasteiger partial charge in [-0.1, -0.05) is 135 Å². The highest BCUT2D eigenvalue weighted by Crippen LogP contribution is 2.53. The van der Waals surface area contributed by atoms with Crippen molar-refractivity contribution in [3.8, 4) is 28.2 Å². The van der Waals surface area contributed by atoms with Gasteiger partial charge < -0.3 is 0 Å². The van der Waals surface area contributed by atoms with Gasteiger partial charge in [0.2, 0.25) is 0 Å². The first-order valence-electron chi connectivity index (χ1n) is 15.9. The fourth-order valence-corrected chi connectivity index (χ4v) is 7.99. The van der Waals surface area contributed by atoms with Gasteiger partial charge in [0.15, 0.2) is 5.82 Å². The summed E-state index contributed by atoms with van der Waals surface area (Å²) < 4.78 is 2.42. The van der Waals surface area contributed by atoms with Crippen molar-refractivity contribution in [2.24, 2.45) is 0 Å². The van der Waals surface area contributed by atoms with Crippen molar-refractivity contribution in [3.05, 3.63) is 151 Å². The lowest BCUT2D eigenvalue weighted by Gasteiger charge is -2.24. The van der Waals surface area contributed by atoms with Gasteiger partial charge in [-0.25, -0.2) is 9.97 Å². The molecular formula is C43H29N3. The zero-order chi connectivity index (χ0) is 30.6. The molecule has 3 nitrogen and oxygen atoms in total. The minimum atomic E-state index is -0.204. The fraction of sp³-hybridized carbons (Fsp3) is 0.0698. The number of hydrogen-bond acceptors (Lipinski definition) is 2. The Bertz CT molecular complexity index is 2720. The zero-order valence-corrected chi connectivity index (χ0v) is 25.6. The minimum absolute atomic E-state index is 0.204. The monoisotopic (exact) mass is 587 g/mol. The van der Waals surface area contributed by atoms with Crippen LogP contribution in [0, 0.1) is 0 Å². The van der Waals surface area contributed by atoms with E-state index in [2.05, 4.69) is 158 Å². The van der Waals surface area contributed by atoms with E-state index in [0.717, 1.165) is 44.4 Å². The van der Waals surface area contributed by atoms with E-state index in [0.29, 0.717) is 0 Å². The first-order chi connectivity index (χ1) is 22.6. The van der Waals surface area contributed by atoms with E-state index in [9.17, 15) is 0 Å². The molecule has 1 aliphatic rings. The lowest BCUT2D eigenvalue weighted by atomic mass is 9.81. The maximum absolute atomic E-state index is 5.55. The molecule has 3 heteroatoms. The van der Waals surface area contributed by atoms with Crippen LogP contribution in [0.3, 0.4) is 0 Å². The maximum atomic E-state index is 5.55. The molecule has 0 bridgehead atoms. The Morgan fingerprint density at radius 3 is 2.11 bits per heavy atom. The van der Waals surface area contributed by atoms with Crippen LogP contribution in [-0.2, 0) is 5.41 Å². The highest BCUT2D eigenvalue weighted by Gasteiger charge is 2.38. The molecule has 9 aromatic rings. The molecule has 2 aromatic heterocycles. The molecule has 0 saturated carbocycles. The van der Waals surface area contributed by atoms with Crippen LogP contribution >= 0.6 is 0 Å². The topological polar surface area (TPSA) is 30.7 Å². The van der Waals surface area contributed by atoms with Gasteiger partial charge in [-0.05, 0) is 56.6 Å². The van der Waals surface area contributed by atoms with Gasteiger partial charge in [0.05, 0.1) is 22.1 Å². The van der Waals surface area contributed by atoms with E-state index in [1.807, 2.05) is 0 Å². The molecule has 0 saturated heterocycles. The lowest BCUT2D eigenvalue weighted by Crippen LogP contribution is -2.17. The molecule has 10 rings (SSSR count). The summed E-state index contributed by atoms with van der Waals surface area (Å²) in [5.74, 6) is 0.851. The first kappa shape index (κ1) is 25.5. The van der Waals surface area contributed by atoms with Crippen molar-refractivity contribution in [2.45, 2.75) is 19.3 Å². The number of hydrogen-bond donors (Lipinski definition) is 0. The normalized spacial score (nSPS) is 13.6. The predicted molar refractivity (Wildman–Crippen MR) is 192 cm³/mol. The summed E-state index contributed by atoms with van der Waals surface area (Å²) in [6.07, 6.45) is 0. The lowest BCUT2D eigenvalue weighted by molar-refractivity contribution is 0.663. The number of fused-ring (bicyclic) bond motifs is 11. The van der Waals surface area contributed by atoms with E-state index in [1.54, 1.807) is 0 Å². The molecule has 216 valence electrons. The Morgan fingerprint density at radius 1 is 0.543 bits per heavy atom. The highest BCUT2D eigenvalue weighted by molar-refractivity contribution is 6.17. The van der Waals surface area contributed by atoms with Gasteiger partial charge in [-0.2, -0.15) is 0 Å². The summed E-state index contributed by atoms with van der Waals surface area (Å²) in [5, 5.41) is 7.18. The van der Waals surface area contributed by atoms with Gasteiger partial charge in [0.1, 0.15) is 5.69 Å². The van der Waals surface area contributed by atoms with Crippen molar-refractivity contribution in [2.75, 3.05) is 0 Å². The Hall–Kier alpha value is -5.80. The molecule has 1 aliphatic carbocycles. The van der Waals surface area contributed by atoms with Gasteiger partial charge >= 0.3 is 0 Å². The average Bonchev–Trinajstić information content (AvgIpc) is 3.54. The van der Waals surface area contributed by atoms with Crippen molar-refractivity contribution in [3.63, 3.8) is 0 Å². The van der Waals surface area contributed by atoms with E-state index in [4.69, 9.17) is 9.97 Å². The second-order valence-corrected chi connectivity index (χ2v) is 13.0.